The first-order valence-electron chi connectivity index (χ1n) is 14.9. The van der Waals surface area contributed by atoms with Crippen LogP contribution in [0.3, 0.4) is 0 Å². The fraction of sp³-hybridized carbons (Fsp3) is 0.633. The average Bonchev–Trinajstić information content (AvgIpc) is 2.98. The first-order chi connectivity index (χ1) is 19.9. The number of ether oxygens (including phenoxy) is 2. The Balaban J connectivity index is 1.37. The van der Waals surface area contributed by atoms with Gasteiger partial charge in [-0.25, -0.2) is 14.4 Å². The Morgan fingerprint density at radius 2 is 2.02 bits per heavy atom. The van der Waals surface area contributed by atoms with E-state index in [0.29, 0.717) is 49.8 Å². The number of anilines is 1. The van der Waals surface area contributed by atoms with Crippen LogP contribution in [0.25, 0.3) is 0 Å². The summed E-state index contributed by atoms with van der Waals surface area (Å²) in [4.78, 5) is 25.8. The number of nitrogens with zero attached hydrogens (tertiary/aromatic N) is 4. The minimum absolute atomic E-state index is 0.0117. The standard InChI is InChI=1S/C30H45FN6O3S/c1-5-37(21(3)4)30(38)26-15-23(31)9-12-27(26)40-28-18-33-20-34-29(28)36-13-14-39-25(19-36)17-32-16-22-7-10-24(11-8-22)35-41-6-2/h9,12,15,18,20-22,24-25,32,35H,5-8,10-11,13-14,16-17,19H2,1-4H3/t22?,24?,25-/m0/s1. The minimum atomic E-state index is -0.492. The summed E-state index contributed by atoms with van der Waals surface area (Å²) in [5.74, 6) is 2.35. The molecule has 2 heterocycles. The van der Waals surface area contributed by atoms with Crippen molar-refractivity contribution >= 4 is 23.7 Å². The van der Waals surface area contributed by atoms with E-state index in [1.807, 2.05) is 32.7 Å². The Kier molecular flexibility index (Phi) is 12.0. The van der Waals surface area contributed by atoms with Crippen molar-refractivity contribution in [3.05, 3.63) is 42.1 Å². The lowest BCUT2D eigenvalue weighted by Gasteiger charge is -2.35. The molecule has 0 bridgehead atoms. The minimum Gasteiger partial charge on any atom is -0.451 e. The molecular formula is C30H45FN6O3S. The van der Waals surface area contributed by atoms with Crippen LogP contribution >= 0.6 is 11.9 Å². The fourth-order valence-corrected chi connectivity index (χ4v) is 6.20. The summed E-state index contributed by atoms with van der Waals surface area (Å²) in [6.45, 7) is 12.1. The molecular weight excluding hydrogens is 543 g/mol. The number of benzene rings is 1. The van der Waals surface area contributed by atoms with E-state index in [1.165, 1.54) is 50.2 Å². The summed E-state index contributed by atoms with van der Waals surface area (Å²) in [5.41, 5.74) is 0.174. The second-order valence-corrected chi connectivity index (χ2v) is 12.1. The predicted molar refractivity (Wildman–Crippen MR) is 162 cm³/mol. The zero-order valence-corrected chi connectivity index (χ0v) is 25.6. The monoisotopic (exact) mass is 588 g/mol. The first-order valence-corrected chi connectivity index (χ1v) is 15.9. The quantitative estimate of drug-likeness (QED) is 0.318. The number of hydrogen-bond donors (Lipinski definition) is 2. The van der Waals surface area contributed by atoms with Crippen molar-refractivity contribution in [3.8, 4) is 11.5 Å². The van der Waals surface area contributed by atoms with Crippen LogP contribution in [-0.4, -0.2) is 84.0 Å². The van der Waals surface area contributed by atoms with Crippen LogP contribution in [0.2, 0.25) is 0 Å². The average molecular weight is 589 g/mol. The number of hydrogen-bond acceptors (Lipinski definition) is 9. The third-order valence-corrected chi connectivity index (χ3v) is 8.55. The Labute approximate surface area is 248 Å². The van der Waals surface area contributed by atoms with Crippen LogP contribution < -0.4 is 19.7 Å². The number of morpholine rings is 1. The van der Waals surface area contributed by atoms with Gasteiger partial charge in [0.15, 0.2) is 11.6 Å². The molecule has 1 saturated heterocycles. The summed E-state index contributed by atoms with van der Waals surface area (Å²) in [6.07, 6.45) is 8.05. The molecule has 226 valence electrons. The molecule has 2 fully saturated rings. The smallest absolute Gasteiger partial charge is 0.257 e. The predicted octanol–water partition coefficient (Wildman–Crippen LogP) is 4.89. The van der Waals surface area contributed by atoms with Crippen LogP contribution in [0.1, 0.15) is 63.7 Å². The zero-order chi connectivity index (χ0) is 29.2. The molecule has 1 atom stereocenters. The van der Waals surface area contributed by atoms with E-state index in [0.717, 1.165) is 18.8 Å². The number of carbonyl (C=O) groups excluding carboxylic acids is 1. The van der Waals surface area contributed by atoms with Gasteiger partial charge < -0.3 is 24.6 Å². The molecule has 1 aliphatic carbocycles. The third kappa shape index (κ3) is 8.76. The molecule has 41 heavy (non-hydrogen) atoms. The van der Waals surface area contributed by atoms with Gasteiger partial charge in [0.1, 0.15) is 17.9 Å². The molecule has 1 amide bonds. The van der Waals surface area contributed by atoms with E-state index in [4.69, 9.17) is 9.47 Å². The Hall–Kier alpha value is -2.47. The van der Waals surface area contributed by atoms with Crippen LogP contribution in [0.15, 0.2) is 30.7 Å². The zero-order valence-electron chi connectivity index (χ0n) is 24.8. The first kappa shape index (κ1) is 31.5. The lowest BCUT2D eigenvalue weighted by atomic mass is 9.86. The van der Waals surface area contributed by atoms with E-state index >= 15 is 0 Å². The van der Waals surface area contributed by atoms with Crippen molar-refractivity contribution in [2.45, 2.75) is 71.6 Å². The molecule has 1 aliphatic heterocycles. The summed E-state index contributed by atoms with van der Waals surface area (Å²) >= 11 is 1.82. The molecule has 0 spiro atoms. The SMILES string of the molecule is CCSNC1CCC(CNC[C@H]2CN(c3ncncc3Oc3ccc(F)cc3C(=O)N(CC)C(C)C)CCO2)CC1. The van der Waals surface area contributed by atoms with Gasteiger partial charge in [0.2, 0.25) is 0 Å². The molecule has 11 heteroatoms. The van der Waals surface area contributed by atoms with Gasteiger partial charge in [-0.05, 0) is 77.1 Å². The Morgan fingerprint density at radius 3 is 2.76 bits per heavy atom. The molecule has 2 N–H and O–H groups in total. The van der Waals surface area contributed by atoms with E-state index in [1.54, 1.807) is 11.1 Å². The highest BCUT2D eigenvalue weighted by Crippen LogP contribution is 2.33. The van der Waals surface area contributed by atoms with Crippen molar-refractivity contribution in [2.75, 3.05) is 50.0 Å². The lowest BCUT2D eigenvalue weighted by Crippen LogP contribution is -2.47. The summed E-state index contributed by atoms with van der Waals surface area (Å²) in [5, 5.41) is 3.64. The third-order valence-electron chi connectivity index (χ3n) is 7.76. The van der Waals surface area contributed by atoms with Gasteiger partial charge >= 0.3 is 0 Å². The van der Waals surface area contributed by atoms with Crippen molar-refractivity contribution in [1.82, 2.24) is 24.9 Å². The molecule has 9 nitrogen and oxygen atoms in total. The number of carbonyl (C=O) groups is 1. The maximum absolute atomic E-state index is 14.2. The normalized spacial score (nSPS) is 21.2. The van der Waals surface area contributed by atoms with Gasteiger partial charge in [-0.1, -0.05) is 18.9 Å². The number of nitrogens with one attached hydrogen (secondary N) is 2. The summed E-state index contributed by atoms with van der Waals surface area (Å²) < 4.78 is 30.1. The van der Waals surface area contributed by atoms with E-state index < -0.39 is 5.82 Å². The largest absolute Gasteiger partial charge is 0.451 e. The molecule has 0 unspecified atom stereocenters. The van der Waals surface area contributed by atoms with Crippen molar-refractivity contribution < 1.29 is 18.7 Å². The second-order valence-electron chi connectivity index (χ2n) is 11.0. The number of rotatable bonds is 13. The van der Waals surface area contributed by atoms with Gasteiger partial charge in [0.25, 0.3) is 5.91 Å². The summed E-state index contributed by atoms with van der Waals surface area (Å²) in [6, 6.07) is 4.63. The summed E-state index contributed by atoms with van der Waals surface area (Å²) in [7, 11) is 0. The molecule has 2 aromatic rings. The van der Waals surface area contributed by atoms with Gasteiger partial charge in [0.05, 0.1) is 24.5 Å². The highest BCUT2D eigenvalue weighted by Gasteiger charge is 2.27. The van der Waals surface area contributed by atoms with Crippen LogP contribution in [-0.2, 0) is 4.74 Å². The molecule has 1 saturated carbocycles. The van der Waals surface area contributed by atoms with Gasteiger partial charge in [-0.15, -0.1) is 0 Å². The molecule has 2 aliphatic rings. The van der Waals surface area contributed by atoms with Gasteiger partial charge in [-0.3, -0.25) is 9.52 Å². The van der Waals surface area contributed by atoms with Gasteiger partial charge in [0, 0.05) is 44.0 Å². The highest BCUT2D eigenvalue weighted by atomic mass is 32.2. The molecule has 1 aromatic heterocycles. The Morgan fingerprint density at radius 1 is 1.22 bits per heavy atom. The van der Waals surface area contributed by atoms with Crippen molar-refractivity contribution in [1.29, 1.82) is 0 Å². The second kappa shape index (κ2) is 15.7. The topological polar surface area (TPSA) is 91.8 Å². The molecule has 0 radical (unpaired) electrons. The fourth-order valence-electron chi connectivity index (χ4n) is 5.56. The van der Waals surface area contributed by atoms with E-state index in [2.05, 4.69) is 31.8 Å². The van der Waals surface area contributed by atoms with Crippen molar-refractivity contribution in [3.63, 3.8) is 0 Å². The van der Waals surface area contributed by atoms with Crippen LogP contribution in [0.5, 0.6) is 11.5 Å². The molecule has 4 rings (SSSR count). The maximum atomic E-state index is 14.2. The lowest BCUT2D eigenvalue weighted by molar-refractivity contribution is 0.0397. The van der Waals surface area contributed by atoms with Crippen LogP contribution in [0.4, 0.5) is 10.2 Å². The van der Waals surface area contributed by atoms with E-state index in [-0.39, 0.29) is 29.4 Å². The molecule has 1 aromatic carbocycles. The number of amides is 1. The van der Waals surface area contributed by atoms with Gasteiger partial charge in [-0.2, -0.15) is 0 Å². The maximum Gasteiger partial charge on any atom is 0.257 e. The van der Waals surface area contributed by atoms with Crippen molar-refractivity contribution in [2.24, 2.45) is 5.92 Å². The highest BCUT2D eigenvalue weighted by molar-refractivity contribution is 7.97. The number of halogens is 1. The number of aromatic nitrogens is 2. The van der Waals surface area contributed by atoms with E-state index in [9.17, 15) is 9.18 Å². The van der Waals surface area contributed by atoms with Crippen LogP contribution in [0, 0.1) is 11.7 Å². The Bertz CT molecular complexity index is 1120.